The Balaban J connectivity index is 1.64. The largest absolute Gasteiger partial charge is 0.436 e. The Morgan fingerprint density at radius 1 is 1.03 bits per heavy atom. The van der Waals surface area contributed by atoms with Gasteiger partial charge in [0.2, 0.25) is 5.89 Å². The maximum atomic E-state index is 12.9. The van der Waals surface area contributed by atoms with Crippen LogP contribution in [0.25, 0.3) is 22.8 Å². The second-order valence-electron chi connectivity index (χ2n) is 6.27. The van der Waals surface area contributed by atoms with Crippen molar-refractivity contribution in [1.82, 2.24) is 4.98 Å². The summed E-state index contributed by atoms with van der Waals surface area (Å²) in [6, 6.07) is 22.8. The number of hydrogen-bond acceptors (Lipinski definition) is 4. The molecule has 1 amide bonds. The summed E-state index contributed by atoms with van der Waals surface area (Å²) in [7, 11) is 0. The molecule has 1 heterocycles. The molecular weight excluding hydrogens is 448 g/mol. The molecule has 0 bridgehead atoms. The van der Waals surface area contributed by atoms with Crippen molar-refractivity contribution in [1.29, 1.82) is 0 Å². The lowest BCUT2D eigenvalue weighted by atomic mass is 10.1. The van der Waals surface area contributed by atoms with Crippen LogP contribution in [0.2, 0.25) is 0 Å². The van der Waals surface area contributed by atoms with Gasteiger partial charge in [0.1, 0.15) is 0 Å². The summed E-state index contributed by atoms with van der Waals surface area (Å²) in [5.41, 5.74) is 2.81. The molecular formula is C23H17BrN2O2S. The number of carbonyl (C=O) groups is 1. The highest BCUT2D eigenvalue weighted by atomic mass is 79.9. The maximum absolute atomic E-state index is 12.9. The van der Waals surface area contributed by atoms with E-state index >= 15 is 0 Å². The van der Waals surface area contributed by atoms with Crippen LogP contribution in [0.1, 0.15) is 10.4 Å². The topological polar surface area (TPSA) is 55.1 Å². The Kier molecular flexibility index (Phi) is 5.83. The van der Waals surface area contributed by atoms with Crippen LogP contribution in [0.4, 0.5) is 5.69 Å². The monoisotopic (exact) mass is 464 g/mol. The summed E-state index contributed by atoms with van der Waals surface area (Å²) in [6.45, 7) is 0. The molecule has 0 saturated heterocycles. The molecule has 4 rings (SSSR count). The first kappa shape index (κ1) is 19.5. The molecule has 0 radical (unpaired) electrons. The van der Waals surface area contributed by atoms with Crippen molar-refractivity contribution < 1.29 is 9.21 Å². The molecule has 0 saturated carbocycles. The van der Waals surface area contributed by atoms with Crippen LogP contribution in [0.5, 0.6) is 0 Å². The van der Waals surface area contributed by atoms with Crippen LogP contribution in [-0.4, -0.2) is 17.1 Å². The van der Waals surface area contributed by atoms with E-state index in [-0.39, 0.29) is 5.91 Å². The van der Waals surface area contributed by atoms with Crippen LogP contribution in [0.15, 0.2) is 92.8 Å². The lowest BCUT2D eigenvalue weighted by molar-refractivity contribution is 0.102. The zero-order valence-electron chi connectivity index (χ0n) is 15.6. The molecule has 0 spiro atoms. The van der Waals surface area contributed by atoms with E-state index in [4.69, 9.17) is 4.42 Å². The first-order valence-electron chi connectivity index (χ1n) is 8.90. The lowest BCUT2D eigenvalue weighted by Crippen LogP contribution is -2.13. The number of hydrogen-bond donors (Lipinski definition) is 1. The summed E-state index contributed by atoms with van der Waals surface area (Å²) in [6.07, 6.45) is 3.68. The van der Waals surface area contributed by atoms with Gasteiger partial charge in [-0.25, -0.2) is 4.98 Å². The Morgan fingerprint density at radius 3 is 2.69 bits per heavy atom. The van der Waals surface area contributed by atoms with E-state index in [0.29, 0.717) is 22.8 Å². The normalized spacial score (nSPS) is 10.7. The van der Waals surface area contributed by atoms with Gasteiger partial charge in [-0.1, -0.05) is 46.3 Å². The summed E-state index contributed by atoms with van der Waals surface area (Å²) in [5, 5.41) is 2.96. The molecule has 1 N–H and O–H groups in total. The van der Waals surface area contributed by atoms with Crippen LogP contribution < -0.4 is 5.32 Å². The summed E-state index contributed by atoms with van der Waals surface area (Å²) in [5.74, 6) is 0.842. The van der Waals surface area contributed by atoms with Gasteiger partial charge in [0.05, 0.1) is 11.8 Å². The number of aromatic nitrogens is 1. The van der Waals surface area contributed by atoms with Crippen molar-refractivity contribution >= 4 is 39.3 Å². The smallest absolute Gasteiger partial charge is 0.256 e. The van der Waals surface area contributed by atoms with E-state index in [1.165, 1.54) is 0 Å². The zero-order chi connectivity index (χ0) is 20.2. The minimum Gasteiger partial charge on any atom is -0.436 e. The van der Waals surface area contributed by atoms with Gasteiger partial charge in [-0.2, -0.15) is 0 Å². The van der Waals surface area contributed by atoms with E-state index in [9.17, 15) is 4.79 Å². The molecule has 1 aromatic heterocycles. The third-order valence-electron chi connectivity index (χ3n) is 4.34. The molecule has 6 heteroatoms. The van der Waals surface area contributed by atoms with E-state index in [0.717, 1.165) is 20.6 Å². The fourth-order valence-corrected chi connectivity index (χ4v) is 3.80. The fourth-order valence-electron chi connectivity index (χ4n) is 2.94. The van der Waals surface area contributed by atoms with Crippen molar-refractivity contribution in [2.75, 3.05) is 11.6 Å². The maximum Gasteiger partial charge on any atom is 0.256 e. The SMILES string of the molecule is CSc1cccc(NC(=O)c2ccccc2-c2ncc(-c3cccc(Br)c3)o2)c1. The predicted molar refractivity (Wildman–Crippen MR) is 121 cm³/mol. The Labute approximate surface area is 181 Å². The van der Waals surface area contributed by atoms with E-state index in [1.54, 1.807) is 24.0 Å². The number of halogens is 1. The van der Waals surface area contributed by atoms with Gasteiger partial charge in [-0.15, -0.1) is 11.8 Å². The average Bonchev–Trinajstić information content (AvgIpc) is 3.24. The van der Waals surface area contributed by atoms with Crippen molar-refractivity contribution in [2.45, 2.75) is 4.90 Å². The number of rotatable bonds is 5. The number of nitrogens with one attached hydrogen (secondary N) is 1. The molecule has 0 aliphatic rings. The Bertz CT molecular complexity index is 1170. The number of oxazole rings is 1. The summed E-state index contributed by atoms with van der Waals surface area (Å²) < 4.78 is 6.93. The molecule has 0 unspecified atom stereocenters. The average molecular weight is 465 g/mol. The fraction of sp³-hybridized carbons (Fsp3) is 0.0435. The zero-order valence-corrected chi connectivity index (χ0v) is 18.0. The number of thioether (sulfide) groups is 1. The third kappa shape index (κ3) is 4.44. The Morgan fingerprint density at radius 2 is 1.86 bits per heavy atom. The summed E-state index contributed by atoms with van der Waals surface area (Å²) >= 11 is 5.09. The number of benzene rings is 3. The van der Waals surface area contributed by atoms with Gasteiger partial charge in [0.25, 0.3) is 5.91 Å². The van der Waals surface area contributed by atoms with Crippen molar-refractivity contribution in [3.8, 4) is 22.8 Å². The molecule has 144 valence electrons. The van der Waals surface area contributed by atoms with Crippen LogP contribution in [0.3, 0.4) is 0 Å². The quantitative estimate of drug-likeness (QED) is 0.332. The van der Waals surface area contributed by atoms with Crippen molar-refractivity contribution in [3.63, 3.8) is 0 Å². The third-order valence-corrected chi connectivity index (χ3v) is 5.56. The molecule has 0 atom stereocenters. The first-order chi connectivity index (χ1) is 14.1. The van der Waals surface area contributed by atoms with Crippen molar-refractivity contribution in [3.05, 3.63) is 89.0 Å². The highest BCUT2D eigenvalue weighted by Gasteiger charge is 2.17. The number of anilines is 1. The minimum absolute atomic E-state index is 0.207. The first-order valence-corrected chi connectivity index (χ1v) is 10.9. The number of amides is 1. The van der Waals surface area contributed by atoms with Crippen LogP contribution >= 0.6 is 27.7 Å². The standard InChI is InChI=1S/C23H17BrN2O2S/c1-29-18-9-5-8-17(13-18)26-22(27)19-10-2-3-11-20(19)23-25-14-21(28-23)15-6-4-7-16(24)12-15/h2-14H,1H3,(H,26,27). The second-order valence-corrected chi connectivity index (χ2v) is 8.07. The predicted octanol–water partition coefficient (Wildman–Crippen LogP) is 6.75. The van der Waals surface area contributed by atoms with Gasteiger partial charge in [0, 0.05) is 26.2 Å². The lowest BCUT2D eigenvalue weighted by Gasteiger charge is -2.09. The van der Waals surface area contributed by atoms with Crippen LogP contribution in [0, 0.1) is 0 Å². The van der Waals surface area contributed by atoms with Crippen LogP contribution in [-0.2, 0) is 0 Å². The van der Waals surface area contributed by atoms with Crippen molar-refractivity contribution in [2.24, 2.45) is 0 Å². The molecule has 4 aromatic rings. The van der Waals surface area contributed by atoms with Gasteiger partial charge in [0.15, 0.2) is 5.76 Å². The number of nitrogens with zero attached hydrogens (tertiary/aromatic N) is 1. The highest BCUT2D eigenvalue weighted by molar-refractivity contribution is 9.10. The van der Waals surface area contributed by atoms with Gasteiger partial charge >= 0.3 is 0 Å². The van der Waals surface area contributed by atoms with E-state index in [1.807, 2.05) is 73.0 Å². The minimum atomic E-state index is -0.207. The molecule has 0 aliphatic carbocycles. The van der Waals surface area contributed by atoms with Gasteiger partial charge in [-0.05, 0) is 48.7 Å². The molecule has 29 heavy (non-hydrogen) atoms. The highest BCUT2D eigenvalue weighted by Crippen LogP contribution is 2.30. The Hall–Kier alpha value is -2.83. The molecule has 0 fully saturated rings. The second kappa shape index (κ2) is 8.68. The van der Waals surface area contributed by atoms with E-state index in [2.05, 4.69) is 26.2 Å². The summed E-state index contributed by atoms with van der Waals surface area (Å²) in [4.78, 5) is 18.4. The van der Waals surface area contributed by atoms with Gasteiger partial charge in [-0.3, -0.25) is 4.79 Å². The number of carbonyl (C=O) groups excluding carboxylic acids is 1. The molecule has 0 aliphatic heterocycles. The van der Waals surface area contributed by atoms with E-state index < -0.39 is 0 Å². The molecule has 4 nitrogen and oxygen atoms in total. The molecule has 3 aromatic carbocycles. The van der Waals surface area contributed by atoms with Gasteiger partial charge < -0.3 is 9.73 Å².